The normalized spacial score (nSPS) is 11.4. The molecule has 0 radical (unpaired) electrons. The Kier molecular flexibility index (Phi) is 10.2. The number of para-hydroxylation sites is 2. The van der Waals surface area contributed by atoms with Crippen LogP contribution in [0.3, 0.4) is 0 Å². The lowest BCUT2D eigenvalue weighted by Crippen LogP contribution is -2.13. The van der Waals surface area contributed by atoms with E-state index in [1.807, 2.05) is 0 Å². The molecule has 0 aliphatic heterocycles. The van der Waals surface area contributed by atoms with E-state index in [-0.39, 0.29) is 0 Å². The minimum atomic E-state index is 1.06. The zero-order valence-electron chi connectivity index (χ0n) is 38.5. The molecule has 13 aromatic rings. The van der Waals surface area contributed by atoms with Crippen LogP contribution in [0.2, 0.25) is 0 Å². The van der Waals surface area contributed by atoms with E-state index in [9.17, 15) is 0 Å². The van der Waals surface area contributed by atoms with Gasteiger partial charge in [-0.05, 0) is 133 Å². The number of fused-ring (bicyclic) bond motifs is 5. The highest BCUT2D eigenvalue weighted by atomic mass is 15.1. The van der Waals surface area contributed by atoms with Crippen molar-refractivity contribution in [3.05, 3.63) is 279 Å². The average molecular weight is 891 g/mol. The molecule has 1 heterocycles. The molecule has 12 aromatic carbocycles. The third kappa shape index (κ3) is 7.31. The number of nitrogens with zero attached hydrogens (tertiary/aromatic N) is 2. The van der Waals surface area contributed by atoms with Crippen LogP contribution >= 0.6 is 0 Å². The van der Waals surface area contributed by atoms with Crippen molar-refractivity contribution in [1.82, 2.24) is 4.57 Å². The Bertz CT molecular complexity index is 4060. The van der Waals surface area contributed by atoms with Gasteiger partial charge in [-0.25, -0.2) is 0 Å². The fourth-order valence-corrected chi connectivity index (χ4v) is 10.6. The molecule has 0 atom stereocenters. The second kappa shape index (κ2) is 17.4. The summed E-state index contributed by atoms with van der Waals surface area (Å²) in [5.41, 5.74) is 18.3. The van der Waals surface area contributed by atoms with Gasteiger partial charge in [-0.2, -0.15) is 0 Å². The second-order valence-corrected chi connectivity index (χ2v) is 18.1. The van der Waals surface area contributed by atoms with E-state index < -0.39 is 0 Å². The Morgan fingerprint density at radius 2 is 0.814 bits per heavy atom. The van der Waals surface area contributed by atoms with E-state index in [1.54, 1.807) is 0 Å². The van der Waals surface area contributed by atoms with Gasteiger partial charge in [0.15, 0.2) is 0 Å². The monoisotopic (exact) mass is 890 g/mol. The van der Waals surface area contributed by atoms with Gasteiger partial charge in [0.1, 0.15) is 0 Å². The maximum absolute atomic E-state index is 2.50. The predicted molar refractivity (Wildman–Crippen MR) is 298 cm³/mol. The maximum atomic E-state index is 2.50. The Morgan fingerprint density at radius 1 is 0.243 bits per heavy atom. The Balaban J connectivity index is 1.06. The van der Waals surface area contributed by atoms with Crippen LogP contribution in [0.4, 0.5) is 17.1 Å². The lowest BCUT2D eigenvalue weighted by atomic mass is 9.92. The molecule has 328 valence electrons. The first-order valence-corrected chi connectivity index (χ1v) is 24.1. The second-order valence-electron chi connectivity index (χ2n) is 18.1. The van der Waals surface area contributed by atoms with Crippen molar-refractivity contribution in [3.8, 4) is 61.3 Å². The summed E-state index contributed by atoms with van der Waals surface area (Å²) in [6.45, 7) is 0. The van der Waals surface area contributed by atoms with Crippen molar-refractivity contribution in [3.63, 3.8) is 0 Å². The summed E-state index contributed by atoms with van der Waals surface area (Å²) in [4.78, 5) is 2.50. The third-order valence-electron chi connectivity index (χ3n) is 13.9. The van der Waals surface area contributed by atoms with E-state index in [2.05, 4.69) is 289 Å². The molecular weight excluding hydrogens is 845 g/mol. The molecule has 0 bridgehead atoms. The first kappa shape index (κ1) is 41.0. The summed E-state index contributed by atoms with van der Waals surface area (Å²) in [5.74, 6) is 0. The lowest BCUT2D eigenvalue weighted by Gasteiger charge is -2.31. The van der Waals surface area contributed by atoms with E-state index >= 15 is 0 Å². The highest BCUT2D eigenvalue weighted by Crippen LogP contribution is 2.48. The molecule has 0 amide bonds. The number of benzene rings is 12. The van der Waals surface area contributed by atoms with E-state index in [0.29, 0.717) is 0 Å². The van der Waals surface area contributed by atoms with Crippen LogP contribution in [0.5, 0.6) is 0 Å². The van der Waals surface area contributed by atoms with Crippen molar-refractivity contribution in [2.75, 3.05) is 4.90 Å². The Labute approximate surface area is 408 Å². The smallest absolute Gasteiger partial charge is 0.0547 e. The van der Waals surface area contributed by atoms with Gasteiger partial charge in [-0.1, -0.05) is 212 Å². The molecule has 0 aliphatic carbocycles. The van der Waals surface area contributed by atoms with Crippen LogP contribution < -0.4 is 4.90 Å². The zero-order chi connectivity index (χ0) is 46.4. The summed E-state index contributed by atoms with van der Waals surface area (Å²) in [7, 11) is 0. The predicted octanol–water partition coefficient (Wildman–Crippen LogP) is 18.9. The quantitative estimate of drug-likeness (QED) is 0.140. The molecule has 0 aliphatic rings. The van der Waals surface area contributed by atoms with Gasteiger partial charge < -0.3 is 9.47 Å². The van der Waals surface area contributed by atoms with Crippen LogP contribution in [-0.2, 0) is 0 Å². The van der Waals surface area contributed by atoms with Crippen molar-refractivity contribution in [1.29, 1.82) is 0 Å². The third-order valence-corrected chi connectivity index (χ3v) is 13.9. The van der Waals surface area contributed by atoms with Gasteiger partial charge in [0.25, 0.3) is 0 Å². The summed E-state index contributed by atoms with van der Waals surface area (Å²) in [6, 6.07) is 102. The molecule has 0 spiro atoms. The minimum Gasteiger partial charge on any atom is -0.309 e. The van der Waals surface area contributed by atoms with E-state index in [0.717, 1.165) is 56.1 Å². The molecule has 2 heteroatoms. The van der Waals surface area contributed by atoms with Crippen molar-refractivity contribution >= 4 is 60.4 Å². The minimum absolute atomic E-state index is 1.06. The molecular formula is C68H46N2. The SMILES string of the molecule is c1ccc(-c2ccc(N(c3ccc(-c4ccccc4)c(-c4ccccc4)c3)c3ccccc3-c3cccc(-n4c5ccccc5c5cc6ccccc6cc54)c3)c(-c3ccc4ccccc4c3)c2)cc1. The van der Waals surface area contributed by atoms with Crippen LogP contribution in [0.25, 0.3) is 105 Å². The summed E-state index contributed by atoms with van der Waals surface area (Å²) >= 11 is 0. The van der Waals surface area contributed by atoms with E-state index in [1.165, 1.54) is 65.6 Å². The van der Waals surface area contributed by atoms with Crippen LogP contribution in [0.1, 0.15) is 0 Å². The standard InChI is InChI=1S/C68H46N2/c1-4-19-47(20-5-1)54-37-40-67(63(43-54)56-36-35-48-21-10-11-26-51(48)41-56)69(58-38-39-59(49-22-6-2-7-23-49)62(46-58)50-24-8-3-9-25-50)65-33-16-14-31-60(65)55-29-18-30-57(42-55)70-66-34-17-15-32-61(66)64-44-52-27-12-13-28-53(52)45-68(64)70/h1-46H. The molecule has 0 saturated heterocycles. The topological polar surface area (TPSA) is 8.17 Å². The summed E-state index contributed by atoms with van der Waals surface area (Å²) in [6.07, 6.45) is 0. The maximum Gasteiger partial charge on any atom is 0.0547 e. The Hall–Kier alpha value is -9.24. The van der Waals surface area contributed by atoms with Gasteiger partial charge in [0.05, 0.1) is 22.4 Å². The number of aromatic nitrogens is 1. The van der Waals surface area contributed by atoms with Gasteiger partial charge in [0.2, 0.25) is 0 Å². The molecule has 0 saturated carbocycles. The van der Waals surface area contributed by atoms with Crippen molar-refractivity contribution in [2.45, 2.75) is 0 Å². The molecule has 1 aromatic heterocycles. The Morgan fingerprint density at radius 3 is 1.59 bits per heavy atom. The molecule has 0 fully saturated rings. The van der Waals surface area contributed by atoms with Crippen molar-refractivity contribution < 1.29 is 0 Å². The number of rotatable bonds is 9. The van der Waals surface area contributed by atoms with Gasteiger partial charge in [-0.15, -0.1) is 0 Å². The molecule has 2 nitrogen and oxygen atoms in total. The largest absolute Gasteiger partial charge is 0.309 e. The van der Waals surface area contributed by atoms with Gasteiger partial charge in [-0.3, -0.25) is 0 Å². The summed E-state index contributed by atoms with van der Waals surface area (Å²) < 4.78 is 2.44. The fraction of sp³-hybridized carbons (Fsp3) is 0. The number of hydrogen-bond donors (Lipinski definition) is 0. The molecule has 0 unspecified atom stereocenters. The number of hydrogen-bond acceptors (Lipinski definition) is 1. The van der Waals surface area contributed by atoms with Crippen LogP contribution in [0, 0.1) is 0 Å². The summed E-state index contributed by atoms with van der Waals surface area (Å²) in [5, 5.41) is 7.39. The highest BCUT2D eigenvalue weighted by Gasteiger charge is 2.24. The van der Waals surface area contributed by atoms with Crippen molar-refractivity contribution in [2.24, 2.45) is 0 Å². The molecule has 0 N–H and O–H groups in total. The molecule has 13 rings (SSSR count). The highest BCUT2D eigenvalue weighted by molar-refractivity contribution is 6.13. The zero-order valence-corrected chi connectivity index (χ0v) is 38.5. The van der Waals surface area contributed by atoms with Gasteiger partial charge in [0, 0.05) is 33.3 Å². The molecule has 70 heavy (non-hydrogen) atoms. The first-order chi connectivity index (χ1) is 34.7. The fourth-order valence-electron chi connectivity index (χ4n) is 10.6. The van der Waals surface area contributed by atoms with Gasteiger partial charge >= 0.3 is 0 Å². The van der Waals surface area contributed by atoms with Crippen LogP contribution in [0.15, 0.2) is 279 Å². The lowest BCUT2D eigenvalue weighted by molar-refractivity contribution is 1.18. The average Bonchev–Trinajstić information content (AvgIpc) is 3.76. The van der Waals surface area contributed by atoms with E-state index in [4.69, 9.17) is 0 Å². The van der Waals surface area contributed by atoms with Crippen LogP contribution in [-0.4, -0.2) is 4.57 Å². The number of anilines is 3. The first-order valence-electron chi connectivity index (χ1n) is 24.1.